The number of hydrogen-bond acceptors (Lipinski definition) is 4. The van der Waals surface area contributed by atoms with Crippen molar-refractivity contribution in [3.05, 3.63) is 98.5 Å². The standard InChI is InChI=1S/C25H29N5O2/c1-27(17-20-13-8-5-9-14-20)18-21-26-23-22(24(31)29(3)25(32)28(23)2)30(21)16-10-15-19-11-6-4-7-12-19/h4-9,11-14H,10,15-18H2,1-3H3. The van der Waals surface area contributed by atoms with E-state index in [-0.39, 0.29) is 11.2 Å². The average molecular weight is 432 g/mol. The second kappa shape index (κ2) is 9.36. The van der Waals surface area contributed by atoms with Gasteiger partial charge in [-0.15, -0.1) is 0 Å². The van der Waals surface area contributed by atoms with Gasteiger partial charge in [0.15, 0.2) is 11.2 Å². The van der Waals surface area contributed by atoms with E-state index in [1.54, 1.807) is 7.05 Å². The zero-order valence-electron chi connectivity index (χ0n) is 18.9. The van der Waals surface area contributed by atoms with Crippen LogP contribution in [0.3, 0.4) is 0 Å². The van der Waals surface area contributed by atoms with E-state index in [0.717, 1.165) is 29.8 Å². The normalized spacial score (nSPS) is 11.5. The molecule has 0 aliphatic heterocycles. The molecule has 4 aromatic rings. The maximum absolute atomic E-state index is 13.0. The molecule has 0 saturated carbocycles. The molecular weight excluding hydrogens is 402 g/mol. The van der Waals surface area contributed by atoms with E-state index in [2.05, 4.69) is 29.2 Å². The van der Waals surface area contributed by atoms with Gasteiger partial charge in [-0.2, -0.15) is 0 Å². The molecule has 7 heteroatoms. The quantitative estimate of drug-likeness (QED) is 0.430. The maximum Gasteiger partial charge on any atom is 0.332 e. The van der Waals surface area contributed by atoms with Crippen molar-refractivity contribution in [2.24, 2.45) is 14.1 Å². The van der Waals surface area contributed by atoms with E-state index in [4.69, 9.17) is 4.98 Å². The number of hydrogen-bond donors (Lipinski definition) is 0. The summed E-state index contributed by atoms with van der Waals surface area (Å²) in [5.74, 6) is 0.796. The highest BCUT2D eigenvalue weighted by Crippen LogP contribution is 2.16. The summed E-state index contributed by atoms with van der Waals surface area (Å²) in [7, 11) is 5.23. The summed E-state index contributed by atoms with van der Waals surface area (Å²) in [5, 5.41) is 0. The lowest BCUT2D eigenvalue weighted by atomic mass is 10.1. The third kappa shape index (κ3) is 4.43. The first-order chi connectivity index (χ1) is 15.5. The lowest BCUT2D eigenvalue weighted by Gasteiger charge is -2.17. The van der Waals surface area contributed by atoms with Crippen molar-refractivity contribution < 1.29 is 0 Å². The Labute approximate surface area is 187 Å². The highest BCUT2D eigenvalue weighted by Gasteiger charge is 2.19. The molecular formula is C25H29N5O2. The molecule has 0 spiro atoms. The van der Waals surface area contributed by atoms with Gasteiger partial charge in [-0.25, -0.2) is 9.78 Å². The Kier molecular flexibility index (Phi) is 6.37. The Balaban J connectivity index is 1.67. The summed E-state index contributed by atoms with van der Waals surface area (Å²) in [5.41, 5.74) is 2.75. The Bertz CT molecular complexity index is 1320. The van der Waals surface area contributed by atoms with Gasteiger partial charge in [0.05, 0.1) is 6.54 Å². The lowest BCUT2D eigenvalue weighted by Crippen LogP contribution is -2.37. The van der Waals surface area contributed by atoms with Gasteiger partial charge in [-0.05, 0) is 31.0 Å². The highest BCUT2D eigenvalue weighted by atomic mass is 16.2. The summed E-state index contributed by atoms with van der Waals surface area (Å²) in [6.45, 7) is 2.00. The van der Waals surface area contributed by atoms with Crippen molar-refractivity contribution in [3.63, 3.8) is 0 Å². The van der Waals surface area contributed by atoms with E-state index < -0.39 is 0 Å². The van der Waals surface area contributed by atoms with E-state index >= 15 is 0 Å². The second-order valence-electron chi connectivity index (χ2n) is 8.30. The van der Waals surface area contributed by atoms with Crippen molar-refractivity contribution in [3.8, 4) is 0 Å². The minimum atomic E-state index is -0.361. The molecule has 0 aliphatic rings. The Morgan fingerprint density at radius 1 is 0.844 bits per heavy atom. The van der Waals surface area contributed by atoms with Gasteiger partial charge in [0, 0.05) is 27.2 Å². The molecule has 7 nitrogen and oxygen atoms in total. The van der Waals surface area contributed by atoms with Crippen LogP contribution in [0.4, 0.5) is 0 Å². The number of aryl methyl sites for hydroxylation is 3. The molecule has 32 heavy (non-hydrogen) atoms. The molecule has 166 valence electrons. The molecule has 0 radical (unpaired) electrons. The number of benzene rings is 2. The molecule has 0 amide bonds. The minimum absolute atomic E-state index is 0.299. The van der Waals surface area contributed by atoms with E-state index in [1.807, 2.05) is 48.0 Å². The fraction of sp³-hybridized carbons (Fsp3) is 0.320. The third-order valence-electron chi connectivity index (χ3n) is 5.82. The first kappa shape index (κ1) is 21.8. The highest BCUT2D eigenvalue weighted by molar-refractivity contribution is 5.71. The first-order valence-electron chi connectivity index (χ1n) is 10.9. The molecule has 0 saturated heterocycles. The fourth-order valence-corrected chi connectivity index (χ4v) is 4.13. The monoisotopic (exact) mass is 431 g/mol. The van der Waals surface area contributed by atoms with Crippen LogP contribution >= 0.6 is 0 Å². The van der Waals surface area contributed by atoms with Gasteiger partial charge in [0.25, 0.3) is 5.56 Å². The zero-order valence-corrected chi connectivity index (χ0v) is 18.9. The van der Waals surface area contributed by atoms with E-state index in [1.165, 1.54) is 22.7 Å². The topological polar surface area (TPSA) is 65.1 Å². The van der Waals surface area contributed by atoms with Gasteiger partial charge in [0.1, 0.15) is 5.82 Å². The van der Waals surface area contributed by atoms with Crippen LogP contribution < -0.4 is 11.2 Å². The van der Waals surface area contributed by atoms with E-state index in [9.17, 15) is 9.59 Å². The predicted molar refractivity (Wildman–Crippen MR) is 127 cm³/mol. The predicted octanol–water partition coefficient (Wildman–Crippen LogP) is 2.70. The summed E-state index contributed by atoms with van der Waals surface area (Å²) < 4.78 is 4.63. The number of nitrogens with zero attached hydrogens (tertiary/aromatic N) is 5. The molecule has 0 unspecified atom stereocenters. The van der Waals surface area contributed by atoms with Crippen molar-refractivity contribution in [1.29, 1.82) is 0 Å². The number of rotatable bonds is 8. The Hall–Kier alpha value is -3.45. The van der Waals surface area contributed by atoms with Crippen LogP contribution in [0.25, 0.3) is 11.2 Å². The van der Waals surface area contributed by atoms with Crippen LogP contribution in [0.15, 0.2) is 70.3 Å². The molecule has 0 fully saturated rings. The largest absolute Gasteiger partial charge is 0.332 e. The summed E-state index contributed by atoms with van der Waals surface area (Å²) in [6, 6.07) is 20.6. The molecule has 0 N–H and O–H groups in total. The number of imidazole rings is 1. The summed E-state index contributed by atoms with van der Waals surface area (Å²) in [6.07, 6.45) is 1.78. The Morgan fingerprint density at radius 3 is 2.12 bits per heavy atom. The third-order valence-corrected chi connectivity index (χ3v) is 5.82. The zero-order chi connectivity index (χ0) is 22.7. The van der Waals surface area contributed by atoms with Gasteiger partial charge in [-0.3, -0.25) is 18.8 Å². The van der Waals surface area contributed by atoms with Crippen LogP contribution in [0.1, 0.15) is 23.4 Å². The second-order valence-corrected chi connectivity index (χ2v) is 8.30. The lowest BCUT2D eigenvalue weighted by molar-refractivity contribution is 0.305. The van der Waals surface area contributed by atoms with Crippen LogP contribution in [0.5, 0.6) is 0 Å². The first-order valence-corrected chi connectivity index (χ1v) is 10.9. The molecule has 0 atom stereocenters. The van der Waals surface area contributed by atoms with Gasteiger partial charge < -0.3 is 4.57 Å². The molecule has 2 aromatic heterocycles. The molecule has 2 aromatic carbocycles. The van der Waals surface area contributed by atoms with Crippen molar-refractivity contribution in [2.45, 2.75) is 32.5 Å². The fourth-order valence-electron chi connectivity index (χ4n) is 4.13. The SMILES string of the molecule is CN(Cc1ccccc1)Cc1nc2c(c(=O)n(C)c(=O)n2C)n1CCCc1ccccc1. The number of fused-ring (bicyclic) bond motifs is 1. The minimum Gasteiger partial charge on any atom is -0.321 e. The maximum atomic E-state index is 13.0. The van der Waals surface area contributed by atoms with Crippen molar-refractivity contribution in [1.82, 2.24) is 23.6 Å². The summed E-state index contributed by atoms with van der Waals surface area (Å²) in [4.78, 5) is 32.4. The summed E-state index contributed by atoms with van der Waals surface area (Å²) >= 11 is 0. The van der Waals surface area contributed by atoms with Crippen molar-refractivity contribution >= 4 is 11.2 Å². The van der Waals surface area contributed by atoms with E-state index in [0.29, 0.717) is 24.3 Å². The van der Waals surface area contributed by atoms with Crippen LogP contribution in [0.2, 0.25) is 0 Å². The van der Waals surface area contributed by atoms with Crippen LogP contribution in [-0.4, -0.2) is 30.6 Å². The van der Waals surface area contributed by atoms with Crippen molar-refractivity contribution in [2.75, 3.05) is 7.05 Å². The van der Waals surface area contributed by atoms with Crippen LogP contribution in [0, 0.1) is 0 Å². The molecule has 0 bridgehead atoms. The van der Waals surface area contributed by atoms with Gasteiger partial charge in [0.2, 0.25) is 0 Å². The smallest absolute Gasteiger partial charge is 0.321 e. The van der Waals surface area contributed by atoms with Gasteiger partial charge >= 0.3 is 5.69 Å². The van der Waals surface area contributed by atoms with Gasteiger partial charge in [-0.1, -0.05) is 60.7 Å². The number of aromatic nitrogens is 4. The molecule has 4 rings (SSSR count). The average Bonchev–Trinajstić information content (AvgIpc) is 3.15. The van der Waals surface area contributed by atoms with Crippen LogP contribution in [-0.2, 0) is 40.2 Å². The Morgan fingerprint density at radius 2 is 1.47 bits per heavy atom. The molecule has 0 aliphatic carbocycles. The molecule has 2 heterocycles.